The fourth-order valence-corrected chi connectivity index (χ4v) is 6.38. The molecule has 2 saturated carbocycles. The lowest BCUT2D eigenvalue weighted by Gasteiger charge is -2.64. The lowest BCUT2D eigenvalue weighted by molar-refractivity contribution is -0.191. The Hall–Kier alpha value is -1.22. The van der Waals surface area contributed by atoms with Crippen LogP contribution in [0.25, 0.3) is 0 Å². The molecule has 0 amide bonds. The molecule has 2 N–H and O–H groups in total. The van der Waals surface area contributed by atoms with E-state index in [-0.39, 0.29) is 22.5 Å². The minimum atomic E-state index is -0.217. The molecule has 3 aliphatic rings. The van der Waals surface area contributed by atoms with Crippen molar-refractivity contribution in [3.05, 3.63) is 23.8 Å². The minimum absolute atomic E-state index is 0.0622. The fourth-order valence-electron chi connectivity index (χ4n) is 6.38. The van der Waals surface area contributed by atoms with E-state index in [0.29, 0.717) is 17.6 Å². The Morgan fingerprint density at radius 1 is 1.04 bits per heavy atom. The molecule has 1 heterocycles. The van der Waals surface area contributed by atoms with Crippen LogP contribution in [0, 0.1) is 22.7 Å². The van der Waals surface area contributed by atoms with Gasteiger partial charge in [-0.15, -0.1) is 0 Å². The van der Waals surface area contributed by atoms with E-state index in [1.54, 1.807) is 6.07 Å². The van der Waals surface area contributed by atoms with Gasteiger partial charge in [-0.2, -0.15) is 0 Å². The van der Waals surface area contributed by atoms with Crippen molar-refractivity contribution < 1.29 is 14.9 Å². The second-order valence-corrected chi connectivity index (χ2v) is 9.40. The highest BCUT2D eigenvalue weighted by atomic mass is 16.5. The number of hydrogen-bond acceptors (Lipinski definition) is 3. The van der Waals surface area contributed by atoms with Crippen molar-refractivity contribution in [3.8, 4) is 11.5 Å². The Bertz CT molecular complexity index is 667. The molecule has 0 radical (unpaired) electrons. The normalized spacial score (nSPS) is 43.1. The molecule has 24 heavy (non-hydrogen) atoms. The van der Waals surface area contributed by atoms with Crippen LogP contribution in [-0.2, 0) is 6.42 Å². The Kier molecular flexibility index (Phi) is 3.32. The second-order valence-electron chi connectivity index (χ2n) is 9.40. The number of aliphatic hydroxyl groups excluding tert-OH is 1. The highest BCUT2D eigenvalue weighted by molar-refractivity contribution is 5.46. The maximum absolute atomic E-state index is 10.6. The van der Waals surface area contributed by atoms with E-state index in [9.17, 15) is 10.2 Å². The predicted molar refractivity (Wildman–Crippen MR) is 94.2 cm³/mol. The molecule has 132 valence electrons. The number of phenols is 1. The van der Waals surface area contributed by atoms with E-state index in [0.717, 1.165) is 43.4 Å². The maximum atomic E-state index is 10.6. The third-order valence-electron chi connectivity index (χ3n) is 7.83. The van der Waals surface area contributed by atoms with Crippen molar-refractivity contribution >= 4 is 0 Å². The summed E-state index contributed by atoms with van der Waals surface area (Å²) in [5.74, 6) is 2.07. The van der Waals surface area contributed by atoms with Crippen LogP contribution in [-0.4, -0.2) is 21.9 Å². The van der Waals surface area contributed by atoms with Gasteiger partial charge in [0.2, 0.25) is 0 Å². The zero-order valence-electron chi connectivity index (χ0n) is 15.3. The van der Waals surface area contributed by atoms with Crippen LogP contribution >= 0.6 is 0 Å². The topological polar surface area (TPSA) is 49.7 Å². The molecule has 2 aliphatic carbocycles. The Balaban J connectivity index is 1.79. The smallest absolute Gasteiger partial charge is 0.127 e. The standard InChI is InChI=1S/C21H30O3/c1-19(2)16-8-11-21(4)17(20(16,3)10-9-18(19)23)12-13-14(22)6-5-7-15(13)24-21/h5-7,16-18,22-23H,8-12H2,1-4H3/t16-,17+,18-,20-,21-/m0/s1. The zero-order chi connectivity index (χ0) is 17.3. The molecule has 1 aliphatic heterocycles. The summed E-state index contributed by atoms with van der Waals surface area (Å²) >= 11 is 0. The van der Waals surface area contributed by atoms with Gasteiger partial charge in [0.15, 0.2) is 0 Å². The summed E-state index contributed by atoms with van der Waals surface area (Å²) in [5, 5.41) is 20.9. The second kappa shape index (κ2) is 4.91. The Labute approximate surface area is 145 Å². The van der Waals surface area contributed by atoms with Gasteiger partial charge in [-0.3, -0.25) is 0 Å². The van der Waals surface area contributed by atoms with E-state index < -0.39 is 0 Å². The number of phenolic OH excluding ortho intramolecular Hbond substituents is 1. The van der Waals surface area contributed by atoms with Crippen LogP contribution in [0.3, 0.4) is 0 Å². The molecule has 4 rings (SSSR count). The van der Waals surface area contributed by atoms with Gasteiger partial charge in [0.05, 0.1) is 6.10 Å². The SMILES string of the molecule is CC1(C)[C@@H](O)CC[C@]2(C)[C@H]3Cc4c(O)cccc4O[C@@]3(C)CC[C@@H]12. The molecule has 0 saturated heterocycles. The van der Waals surface area contributed by atoms with Gasteiger partial charge in [-0.25, -0.2) is 0 Å². The number of benzene rings is 1. The van der Waals surface area contributed by atoms with E-state index in [4.69, 9.17) is 4.74 Å². The lowest BCUT2D eigenvalue weighted by atomic mass is 9.44. The van der Waals surface area contributed by atoms with Crippen molar-refractivity contribution in [2.45, 2.75) is 71.5 Å². The summed E-state index contributed by atoms with van der Waals surface area (Å²) in [5.41, 5.74) is 0.860. The van der Waals surface area contributed by atoms with Gasteiger partial charge in [0.1, 0.15) is 17.1 Å². The molecule has 0 bridgehead atoms. The van der Waals surface area contributed by atoms with Crippen LogP contribution in [0.4, 0.5) is 0 Å². The molecule has 1 aromatic rings. The highest BCUT2D eigenvalue weighted by Crippen LogP contribution is 2.64. The average Bonchev–Trinajstić information content (AvgIpc) is 2.50. The third-order valence-corrected chi connectivity index (χ3v) is 7.83. The van der Waals surface area contributed by atoms with Crippen LogP contribution < -0.4 is 4.74 Å². The lowest BCUT2D eigenvalue weighted by Crippen LogP contribution is -2.63. The van der Waals surface area contributed by atoms with Crippen LogP contribution in [0.2, 0.25) is 0 Å². The quantitative estimate of drug-likeness (QED) is 0.746. The molecule has 0 spiro atoms. The largest absolute Gasteiger partial charge is 0.508 e. The van der Waals surface area contributed by atoms with E-state index in [1.807, 2.05) is 12.1 Å². The van der Waals surface area contributed by atoms with Crippen molar-refractivity contribution in [3.63, 3.8) is 0 Å². The van der Waals surface area contributed by atoms with Crippen LogP contribution in [0.15, 0.2) is 18.2 Å². The Morgan fingerprint density at radius 2 is 1.79 bits per heavy atom. The molecule has 3 heteroatoms. The van der Waals surface area contributed by atoms with Crippen LogP contribution in [0.5, 0.6) is 11.5 Å². The van der Waals surface area contributed by atoms with Gasteiger partial charge in [-0.1, -0.05) is 26.8 Å². The number of rotatable bonds is 0. The first kappa shape index (κ1) is 16.3. The van der Waals surface area contributed by atoms with Crippen molar-refractivity contribution in [1.29, 1.82) is 0 Å². The monoisotopic (exact) mass is 330 g/mol. The van der Waals surface area contributed by atoms with Gasteiger partial charge < -0.3 is 14.9 Å². The number of hydrogen-bond donors (Lipinski definition) is 2. The summed E-state index contributed by atoms with van der Waals surface area (Å²) in [6.45, 7) is 9.13. The van der Waals surface area contributed by atoms with Crippen molar-refractivity contribution in [2.75, 3.05) is 0 Å². The molecule has 2 fully saturated rings. The summed E-state index contributed by atoms with van der Waals surface area (Å²) in [4.78, 5) is 0. The van der Waals surface area contributed by atoms with E-state index in [1.165, 1.54) is 0 Å². The first-order valence-corrected chi connectivity index (χ1v) is 9.36. The van der Waals surface area contributed by atoms with Gasteiger partial charge >= 0.3 is 0 Å². The van der Waals surface area contributed by atoms with Crippen molar-refractivity contribution in [1.82, 2.24) is 0 Å². The van der Waals surface area contributed by atoms with E-state index >= 15 is 0 Å². The number of aromatic hydroxyl groups is 1. The summed E-state index contributed by atoms with van der Waals surface area (Å²) in [6, 6.07) is 5.62. The van der Waals surface area contributed by atoms with Crippen molar-refractivity contribution in [2.24, 2.45) is 22.7 Å². The molecule has 5 atom stereocenters. The first-order chi connectivity index (χ1) is 11.2. The van der Waals surface area contributed by atoms with Gasteiger partial charge in [-0.05, 0) is 67.9 Å². The molecular formula is C21H30O3. The first-order valence-electron chi connectivity index (χ1n) is 9.36. The predicted octanol–water partition coefficient (Wildman–Crippen LogP) is 4.30. The molecule has 3 nitrogen and oxygen atoms in total. The average molecular weight is 330 g/mol. The maximum Gasteiger partial charge on any atom is 0.127 e. The van der Waals surface area contributed by atoms with Gasteiger partial charge in [0, 0.05) is 11.5 Å². The number of aliphatic hydroxyl groups is 1. The summed E-state index contributed by atoms with van der Waals surface area (Å²) in [7, 11) is 0. The summed E-state index contributed by atoms with van der Waals surface area (Å²) < 4.78 is 6.49. The molecule has 0 aromatic heterocycles. The van der Waals surface area contributed by atoms with E-state index in [2.05, 4.69) is 27.7 Å². The molecule has 1 aromatic carbocycles. The summed E-state index contributed by atoms with van der Waals surface area (Å²) in [6.07, 6.45) is 4.67. The Morgan fingerprint density at radius 3 is 2.54 bits per heavy atom. The zero-order valence-corrected chi connectivity index (χ0v) is 15.3. The molecular weight excluding hydrogens is 300 g/mol. The van der Waals surface area contributed by atoms with Crippen LogP contribution in [0.1, 0.15) is 58.9 Å². The highest BCUT2D eigenvalue weighted by Gasteiger charge is 2.62. The molecule has 0 unspecified atom stereocenters. The van der Waals surface area contributed by atoms with Gasteiger partial charge in [0.25, 0.3) is 0 Å². The minimum Gasteiger partial charge on any atom is -0.508 e. The number of fused-ring (bicyclic) bond motifs is 4. The fraction of sp³-hybridized carbons (Fsp3) is 0.714. The number of ether oxygens (including phenoxy) is 1. The third kappa shape index (κ3) is 2.00.